The lowest BCUT2D eigenvalue weighted by Crippen LogP contribution is -2.40. The first-order chi connectivity index (χ1) is 15.9. The minimum absolute atomic E-state index is 0.0432. The van der Waals surface area contributed by atoms with Crippen molar-refractivity contribution >= 4 is 26.4 Å². The summed E-state index contributed by atoms with van der Waals surface area (Å²) in [6, 6.07) is 13.4. The minimum atomic E-state index is -3.57. The summed E-state index contributed by atoms with van der Waals surface area (Å²) in [5.41, 5.74) is 3.09. The number of hydrogen-bond acceptors (Lipinski definition) is 5. The van der Waals surface area contributed by atoms with Gasteiger partial charge >= 0.3 is 0 Å². The second-order valence-corrected chi connectivity index (χ2v) is 11.5. The van der Waals surface area contributed by atoms with Gasteiger partial charge in [0.25, 0.3) is 5.69 Å². The van der Waals surface area contributed by atoms with Crippen molar-refractivity contribution in [2.75, 3.05) is 12.3 Å². The number of benzene rings is 2. The molecule has 174 valence electrons. The fraction of sp³-hybridized carbons (Fsp3) is 0.440. The van der Waals surface area contributed by atoms with Crippen LogP contribution in [0.25, 0.3) is 10.9 Å². The molecule has 2 fully saturated rings. The third-order valence-corrected chi connectivity index (χ3v) is 9.19. The molecule has 2 heterocycles. The van der Waals surface area contributed by atoms with Crippen LogP contribution >= 0.6 is 0 Å². The molecule has 3 aromatic rings. The van der Waals surface area contributed by atoms with Gasteiger partial charge in [-0.15, -0.1) is 0 Å². The molecule has 0 spiro atoms. The molecule has 33 heavy (non-hydrogen) atoms. The Balaban J connectivity index is 1.41. The SMILES string of the molecule is O=[N+]([O-])c1ccc(S(=O)(=O)CCc2c(C3CC4CCCCC4CN3)[nH]c3ccccc23)cc1. The zero-order chi connectivity index (χ0) is 23.0. The Morgan fingerprint density at radius 3 is 2.48 bits per heavy atom. The Morgan fingerprint density at radius 1 is 1.00 bits per heavy atom. The molecule has 0 amide bonds. The quantitative estimate of drug-likeness (QED) is 0.395. The number of piperidine rings is 1. The van der Waals surface area contributed by atoms with Crippen molar-refractivity contribution in [1.29, 1.82) is 0 Å². The first-order valence-electron chi connectivity index (χ1n) is 11.7. The van der Waals surface area contributed by atoms with Crippen molar-refractivity contribution in [3.8, 4) is 0 Å². The number of fused-ring (bicyclic) bond motifs is 2. The number of nitrogens with one attached hydrogen (secondary N) is 2. The molecule has 1 aliphatic heterocycles. The van der Waals surface area contributed by atoms with E-state index in [9.17, 15) is 18.5 Å². The molecule has 8 heteroatoms. The van der Waals surface area contributed by atoms with Crippen LogP contribution in [0.2, 0.25) is 0 Å². The van der Waals surface area contributed by atoms with Crippen molar-refractivity contribution in [1.82, 2.24) is 10.3 Å². The highest BCUT2D eigenvalue weighted by Gasteiger charge is 2.34. The minimum Gasteiger partial charge on any atom is -0.357 e. The Bertz CT molecular complexity index is 1270. The van der Waals surface area contributed by atoms with Gasteiger partial charge in [0, 0.05) is 34.8 Å². The zero-order valence-electron chi connectivity index (χ0n) is 18.5. The second kappa shape index (κ2) is 8.91. The maximum absolute atomic E-state index is 13.0. The number of non-ortho nitro benzene ring substituents is 1. The van der Waals surface area contributed by atoms with Gasteiger partial charge in [0.2, 0.25) is 0 Å². The van der Waals surface area contributed by atoms with Crippen molar-refractivity contribution in [3.05, 3.63) is 69.9 Å². The van der Waals surface area contributed by atoms with E-state index >= 15 is 0 Å². The molecule has 1 aromatic heterocycles. The number of nitro benzene ring substituents is 1. The molecule has 0 bridgehead atoms. The van der Waals surface area contributed by atoms with E-state index in [1.807, 2.05) is 18.2 Å². The lowest BCUT2D eigenvalue weighted by molar-refractivity contribution is -0.384. The summed E-state index contributed by atoms with van der Waals surface area (Å²) < 4.78 is 26.0. The van der Waals surface area contributed by atoms with Crippen LogP contribution in [0, 0.1) is 22.0 Å². The molecule has 2 N–H and O–H groups in total. The van der Waals surface area contributed by atoms with Crippen molar-refractivity contribution in [2.45, 2.75) is 49.5 Å². The molecule has 5 rings (SSSR count). The number of nitro groups is 1. The van der Waals surface area contributed by atoms with E-state index in [2.05, 4.69) is 16.4 Å². The number of hydrogen-bond donors (Lipinski definition) is 2. The molecule has 2 aromatic carbocycles. The Hall–Kier alpha value is -2.71. The van der Waals surface area contributed by atoms with Gasteiger partial charge in [-0.2, -0.15) is 0 Å². The average molecular weight is 468 g/mol. The highest BCUT2D eigenvalue weighted by atomic mass is 32.2. The summed E-state index contributed by atoms with van der Waals surface area (Å²) in [6.45, 7) is 1.02. The van der Waals surface area contributed by atoms with E-state index in [0.717, 1.165) is 47.0 Å². The zero-order valence-corrected chi connectivity index (χ0v) is 19.3. The molecule has 1 saturated heterocycles. The van der Waals surface area contributed by atoms with E-state index in [4.69, 9.17) is 0 Å². The topological polar surface area (TPSA) is 105 Å². The molecular weight excluding hydrogens is 438 g/mol. The van der Waals surface area contributed by atoms with Gasteiger partial charge in [0.05, 0.1) is 15.6 Å². The van der Waals surface area contributed by atoms with Gasteiger partial charge in [-0.3, -0.25) is 10.1 Å². The average Bonchev–Trinajstić information content (AvgIpc) is 3.21. The van der Waals surface area contributed by atoms with Crippen LogP contribution in [-0.4, -0.2) is 30.6 Å². The maximum Gasteiger partial charge on any atom is 0.269 e. The number of nitrogens with zero attached hydrogens (tertiary/aromatic N) is 1. The molecule has 0 radical (unpaired) electrons. The van der Waals surface area contributed by atoms with Gasteiger partial charge in [0.1, 0.15) is 0 Å². The predicted molar refractivity (Wildman–Crippen MR) is 128 cm³/mol. The molecule has 1 saturated carbocycles. The third kappa shape index (κ3) is 4.42. The van der Waals surface area contributed by atoms with Crippen LogP contribution in [0.5, 0.6) is 0 Å². The largest absolute Gasteiger partial charge is 0.357 e. The first-order valence-corrected chi connectivity index (χ1v) is 13.4. The number of aromatic amines is 1. The predicted octanol–water partition coefficient (Wildman–Crippen LogP) is 4.93. The lowest BCUT2D eigenvalue weighted by atomic mass is 9.73. The van der Waals surface area contributed by atoms with Gasteiger partial charge in [-0.1, -0.05) is 37.5 Å². The highest BCUT2D eigenvalue weighted by molar-refractivity contribution is 7.91. The van der Waals surface area contributed by atoms with Crippen molar-refractivity contribution < 1.29 is 13.3 Å². The number of H-pyrrole nitrogens is 1. The van der Waals surface area contributed by atoms with Crippen LogP contribution in [-0.2, 0) is 16.3 Å². The molecule has 2 aliphatic rings. The van der Waals surface area contributed by atoms with Crippen LogP contribution in [0.1, 0.15) is 49.4 Å². The van der Waals surface area contributed by atoms with Crippen LogP contribution in [0.4, 0.5) is 5.69 Å². The Labute approximate surface area is 193 Å². The fourth-order valence-corrected chi connectivity index (χ4v) is 6.94. The number of rotatable bonds is 6. The fourth-order valence-electron chi connectivity index (χ4n) is 5.68. The molecule has 1 aliphatic carbocycles. The smallest absolute Gasteiger partial charge is 0.269 e. The summed E-state index contributed by atoms with van der Waals surface area (Å²) in [5.74, 6) is 1.44. The molecule has 3 unspecified atom stereocenters. The molecule has 3 atom stereocenters. The van der Waals surface area contributed by atoms with E-state index < -0.39 is 14.8 Å². The Kier molecular flexibility index (Phi) is 5.97. The number of sulfone groups is 1. The monoisotopic (exact) mass is 467 g/mol. The summed E-state index contributed by atoms with van der Waals surface area (Å²) in [4.78, 5) is 14.1. The van der Waals surface area contributed by atoms with Gasteiger partial charge in [-0.25, -0.2) is 8.42 Å². The standard InChI is InChI=1S/C25H29N3O4S/c29-28(30)19-9-11-20(12-10-19)33(31,32)14-13-22-21-7-3-4-8-23(21)27-25(22)24-15-17-5-1-2-6-18(17)16-26-24/h3-4,7-12,17-18,24,26-27H,1-2,5-6,13-16H2. The van der Waals surface area contributed by atoms with Crippen LogP contribution in [0.3, 0.4) is 0 Å². The molecule has 7 nitrogen and oxygen atoms in total. The summed E-state index contributed by atoms with van der Waals surface area (Å²) in [5, 5.41) is 15.7. The van der Waals surface area contributed by atoms with Gasteiger partial charge < -0.3 is 10.3 Å². The first kappa shape index (κ1) is 22.1. The maximum atomic E-state index is 13.0. The van der Waals surface area contributed by atoms with Crippen LogP contribution in [0.15, 0.2) is 53.4 Å². The highest BCUT2D eigenvalue weighted by Crippen LogP contribution is 2.41. The van der Waals surface area contributed by atoms with E-state index in [-0.39, 0.29) is 22.4 Å². The third-order valence-electron chi connectivity index (χ3n) is 7.45. The number of aryl methyl sites for hydroxylation is 1. The van der Waals surface area contributed by atoms with Crippen LogP contribution < -0.4 is 5.32 Å². The summed E-state index contributed by atoms with van der Waals surface area (Å²) >= 11 is 0. The van der Waals surface area contributed by atoms with E-state index in [0.29, 0.717) is 6.42 Å². The van der Waals surface area contributed by atoms with Gasteiger partial charge in [-0.05, 0) is 61.4 Å². The molecular formula is C25H29N3O4S. The number of para-hydroxylation sites is 1. The van der Waals surface area contributed by atoms with E-state index in [1.54, 1.807) is 0 Å². The summed E-state index contributed by atoms with van der Waals surface area (Å²) in [7, 11) is -3.57. The van der Waals surface area contributed by atoms with E-state index in [1.165, 1.54) is 49.9 Å². The second-order valence-electron chi connectivity index (χ2n) is 9.38. The summed E-state index contributed by atoms with van der Waals surface area (Å²) in [6.07, 6.45) is 6.70. The van der Waals surface area contributed by atoms with Crippen molar-refractivity contribution in [2.24, 2.45) is 11.8 Å². The lowest BCUT2D eigenvalue weighted by Gasteiger charge is -2.40. The normalized spacial score (nSPS) is 23.3. The van der Waals surface area contributed by atoms with Crippen molar-refractivity contribution in [3.63, 3.8) is 0 Å². The number of aromatic nitrogens is 1. The Morgan fingerprint density at radius 2 is 1.73 bits per heavy atom. The van der Waals surface area contributed by atoms with Gasteiger partial charge in [0.15, 0.2) is 9.84 Å².